The zero-order valence-electron chi connectivity index (χ0n) is 10.8. The standard InChI is InChI=1S/C16H10ClNO3/c17-14-12-3-1-2-4-13(12)18(15(14)16(20)21)11-7-5-10(9-19)6-8-11/h1-9H,(H,20,21). The highest BCUT2D eigenvalue weighted by Gasteiger charge is 2.21. The predicted molar refractivity (Wildman–Crippen MR) is 80.6 cm³/mol. The van der Waals surface area contributed by atoms with Crippen molar-refractivity contribution in [2.24, 2.45) is 0 Å². The number of aromatic carboxylic acids is 1. The molecule has 0 bridgehead atoms. The fourth-order valence-electron chi connectivity index (χ4n) is 2.36. The highest BCUT2D eigenvalue weighted by molar-refractivity contribution is 6.38. The van der Waals surface area contributed by atoms with Crippen molar-refractivity contribution in [1.82, 2.24) is 4.57 Å². The topological polar surface area (TPSA) is 59.3 Å². The lowest BCUT2D eigenvalue weighted by Gasteiger charge is -2.08. The molecule has 4 nitrogen and oxygen atoms in total. The second kappa shape index (κ2) is 5.07. The van der Waals surface area contributed by atoms with Crippen molar-refractivity contribution in [3.05, 3.63) is 64.8 Å². The number of carbonyl (C=O) groups excluding carboxylic acids is 1. The van der Waals surface area contributed by atoms with E-state index in [1.807, 2.05) is 6.07 Å². The van der Waals surface area contributed by atoms with Gasteiger partial charge in [0.1, 0.15) is 6.29 Å². The summed E-state index contributed by atoms with van der Waals surface area (Å²) >= 11 is 6.21. The quantitative estimate of drug-likeness (QED) is 0.748. The van der Waals surface area contributed by atoms with E-state index in [0.717, 1.165) is 6.29 Å². The minimum atomic E-state index is -1.10. The Labute approximate surface area is 125 Å². The number of hydrogen-bond acceptors (Lipinski definition) is 2. The number of aromatic nitrogens is 1. The van der Waals surface area contributed by atoms with Gasteiger partial charge in [-0.05, 0) is 30.3 Å². The van der Waals surface area contributed by atoms with E-state index in [4.69, 9.17) is 11.6 Å². The van der Waals surface area contributed by atoms with E-state index < -0.39 is 5.97 Å². The molecule has 0 spiro atoms. The third kappa shape index (κ3) is 2.10. The summed E-state index contributed by atoms with van der Waals surface area (Å²) in [7, 11) is 0. The molecular formula is C16H10ClNO3. The summed E-state index contributed by atoms with van der Waals surface area (Å²) in [6, 6.07) is 13.9. The largest absolute Gasteiger partial charge is 0.477 e. The number of hydrogen-bond donors (Lipinski definition) is 1. The first-order chi connectivity index (χ1) is 10.1. The molecule has 0 saturated heterocycles. The molecule has 0 aliphatic rings. The van der Waals surface area contributed by atoms with Crippen LogP contribution in [0.5, 0.6) is 0 Å². The first-order valence-corrected chi connectivity index (χ1v) is 6.59. The molecule has 0 saturated carbocycles. The Kier molecular flexibility index (Phi) is 3.23. The van der Waals surface area contributed by atoms with Crippen molar-refractivity contribution < 1.29 is 14.7 Å². The molecule has 5 heteroatoms. The Morgan fingerprint density at radius 2 is 1.76 bits per heavy atom. The molecule has 0 radical (unpaired) electrons. The Hall–Kier alpha value is -2.59. The van der Waals surface area contributed by atoms with Crippen LogP contribution in [0.4, 0.5) is 0 Å². The van der Waals surface area contributed by atoms with Crippen molar-refractivity contribution >= 4 is 34.8 Å². The Bertz CT molecular complexity index is 850. The van der Waals surface area contributed by atoms with Crippen LogP contribution in [-0.2, 0) is 0 Å². The van der Waals surface area contributed by atoms with Gasteiger partial charge in [-0.3, -0.25) is 4.79 Å². The van der Waals surface area contributed by atoms with Crippen molar-refractivity contribution in [3.8, 4) is 5.69 Å². The average Bonchev–Trinajstić information content (AvgIpc) is 2.81. The number of nitrogens with zero attached hydrogens (tertiary/aromatic N) is 1. The molecule has 0 aliphatic carbocycles. The summed E-state index contributed by atoms with van der Waals surface area (Å²) in [6.07, 6.45) is 0.739. The number of benzene rings is 2. The van der Waals surface area contributed by atoms with Gasteiger partial charge in [0, 0.05) is 16.6 Å². The summed E-state index contributed by atoms with van der Waals surface area (Å²) in [5.74, 6) is -1.10. The monoisotopic (exact) mass is 299 g/mol. The average molecular weight is 300 g/mol. The summed E-state index contributed by atoms with van der Waals surface area (Å²) in [5.41, 5.74) is 1.88. The molecule has 3 rings (SSSR count). The lowest BCUT2D eigenvalue weighted by molar-refractivity contribution is 0.0688. The molecule has 1 N–H and O–H groups in total. The second-order valence-corrected chi connectivity index (χ2v) is 4.91. The van der Waals surface area contributed by atoms with E-state index in [0.29, 0.717) is 22.2 Å². The van der Waals surface area contributed by atoms with E-state index in [1.54, 1.807) is 47.0 Å². The molecule has 0 fully saturated rings. The number of aldehydes is 1. The molecule has 0 aliphatic heterocycles. The van der Waals surface area contributed by atoms with Gasteiger partial charge in [0.25, 0.3) is 0 Å². The minimum Gasteiger partial charge on any atom is -0.477 e. The van der Waals surface area contributed by atoms with Gasteiger partial charge >= 0.3 is 5.97 Å². The maximum absolute atomic E-state index is 11.5. The number of carboxylic acid groups (broad SMARTS) is 1. The first kappa shape index (κ1) is 13.4. The van der Waals surface area contributed by atoms with Gasteiger partial charge in [0.05, 0.1) is 10.5 Å². The first-order valence-electron chi connectivity index (χ1n) is 6.21. The van der Waals surface area contributed by atoms with Crippen LogP contribution in [0.15, 0.2) is 48.5 Å². The maximum atomic E-state index is 11.5. The van der Waals surface area contributed by atoms with Gasteiger partial charge in [-0.15, -0.1) is 0 Å². The molecule has 1 heterocycles. The number of carbonyl (C=O) groups is 2. The van der Waals surface area contributed by atoms with E-state index in [9.17, 15) is 14.7 Å². The zero-order chi connectivity index (χ0) is 15.0. The van der Waals surface area contributed by atoms with Crippen molar-refractivity contribution in [1.29, 1.82) is 0 Å². The van der Waals surface area contributed by atoms with E-state index in [2.05, 4.69) is 0 Å². The number of carboxylic acids is 1. The zero-order valence-corrected chi connectivity index (χ0v) is 11.5. The van der Waals surface area contributed by atoms with Crippen molar-refractivity contribution in [3.63, 3.8) is 0 Å². The van der Waals surface area contributed by atoms with Crippen LogP contribution in [0.3, 0.4) is 0 Å². The Balaban J connectivity index is 2.36. The smallest absolute Gasteiger partial charge is 0.354 e. The van der Waals surface area contributed by atoms with Crippen LogP contribution < -0.4 is 0 Å². The fourth-order valence-corrected chi connectivity index (χ4v) is 2.69. The molecule has 0 atom stereocenters. The third-order valence-corrected chi connectivity index (χ3v) is 3.69. The van der Waals surface area contributed by atoms with Crippen molar-refractivity contribution in [2.45, 2.75) is 0 Å². The van der Waals surface area contributed by atoms with E-state index >= 15 is 0 Å². The highest BCUT2D eigenvalue weighted by Crippen LogP contribution is 2.33. The summed E-state index contributed by atoms with van der Waals surface area (Å²) in [4.78, 5) is 22.3. The summed E-state index contributed by atoms with van der Waals surface area (Å²) in [5, 5.41) is 10.3. The highest BCUT2D eigenvalue weighted by atomic mass is 35.5. The van der Waals surface area contributed by atoms with E-state index in [-0.39, 0.29) is 10.7 Å². The molecule has 104 valence electrons. The normalized spacial score (nSPS) is 10.7. The lowest BCUT2D eigenvalue weighted by Crippen LogP contribution is -2.07. The minimum absolute atomic E-state index is 0.0109. The second-order valence-electron chi connectivity index (χ2n) is 4.53. The van der Waals surface area contributed by atoms with E-state index in [1.165, 1.54) is 0 Å². The van der Waals surface area contributed by atoms with Crippen LogP contribution in [0, 0.1) is 0 Å². The number of halogens is 1. The molecule has 3 aromatic rings. The number of rotatable bonds is 3. The third-order valence-electron chi connectivity index (χ3n) is 3.30. The van der Waals surface area contributed by atoms with Gasteiger partial charge < -0.3 is 9.67 Å². The number of para-hydroxylation sites is 1. The van der Waals surface area contributed by atoms with Crippen LogP contribution in [-0.4, -0.2) is 21.9 Å². The van der Waals surface area contributed by atoms with Gasteiger partial charge in [0.15, 0.2) is 5.69 Å². The number of fused-ring (bicyclic) bond motifs is 1. The lowest BCUT2D eigenvalue weighted by atomic mass is 10.2. The van der Waals surface area contributed by atoms with Crippen LogP contribution in [0.25, 0.3) is 16.6 Å². The molecule has 2 aromatic carbocycles. The summed E-state index contributed by atoms with van der Waals surface area (Å²) in [6.45, 7) is 0. The van der Waals surface area contributed by atoms with Crippen LogP contribution in [0.2, 0.25) is 5.02 Å². The Morgan fingerprint density at radius 1 is 1.10 bits per heavy atom. The van der Waals surface area contributed by atoms with Gasteiger partial charge in [-0.1, -0.05) is 29.8 Å². The Morgan fingerprint density at radius 3 is 2.38 bits per heavy atom. The molecule has 0 unspecified atom stereocenters. The molecule has 1 aromatic heterocycles. The fraction of sp³-hybridized carbons (Fsp3) is 0. The molecule has 21 heavy (non-hydrogen) atoms. The van der Waals surface area contributed by atoms with Crippen LogP contribution >= 0.6 is 11.6 Å². The van der Waals surface area contributed by atoms with Crippen molar-refractivity contribution in [2.75, 3.05) is 0 Å². The van der Waals surface area contributed by atoms with Gasteiger partial charge in [0.2, 0.25) is 0 Å². The van der Waals surface area contributed by atoms with Gasteiger partial charge in [-0.2, -0.15) is 0 Å². The summed E-state index contributed by atoms with van der Waals surface area (Å²) < 4.78 is 1.58. The predicted octanol–water partition coefficient (Wildman–Crippen LogP) is 3.79. The van der Waals surface area contributed by atoms with Crippen LogP contribution in [0.1, 0.15) is 20.8 Å². The maximum Gasteiger partial charge on any atom is 0.354 e. The SMILES string of the molecule is O=Cc1ccc(-n2c(C(=O)O)c(Cl)c3ccccc32)cc1. The molecular weight excluding hydrogens is 290 g/mol. The van der Waals surface area contributed by atoms with Gasteiger partial charge in [-0.25, -0.2) is 4.79 Å². The molecule has 0 amide bonds.